The first-order valence-corrected chi connectivity index (χ1v) is 9.27. The van der Waals surface area contributed by atoms with Gasteiger partial charge in [0.25, 0.3) is 0 Å². The van der Waals surface area contributed by atoms with Gasteiger partial charge in [-0.3, -0.25) is 14.4 Å². The van der Waals surface area contributed by atoms with Gasteiger partial charge in [0, 0.05) is 25.8 Å². The molecule has 1 fully saturated rings. The molecule has 6 nitrogen and oxygen atoms in total. The van der Waals surface area contributed by atoms with Crippen LogP contribution in [0.1, 0.15) is 36.4 Å². The molecule has 0 radical (unpaired) electrons. The number of aromatic nitrogens is 2. The third-order valence-electron chi connectivity index (χ3n) is 4.81. The SMILES string of the molecule is CN(C)Cc1ccc([C@H]2CCCCN2CC(=O)Nc2cnn(C)c2)cc1. The molecule has 0 spiro atoms. The van der Waals surface area contributed by atoms with Crippen LogP contribution in [0.25, 0.3) is 0 Å². The number of rotatable bonds is 6. The van der Waals surface area contributed by atoms with E-state index >= 15 is 0 Å². The number of likely N-dealkylation sites (tertiary alicyclic amines) is 1. The second-order valence-corrected chi connectivity index (χ2v) is 7.41. The Morgan fingerprint density at radius 1 is 1.27 bits per heavy atom. The van der Waals surface area contributed by atoms with Crippen LogP contribution < -0.4 is 5.32 Å². The molecule has 1 amide bonds. The summed E-state index contributed by atoms with van der Waals surface area (Å²) in [5.74, 6) is 0.0223. The van der Waals surface area contributed by atoms with E-state index in [1.165, 1.54) is 17.5 Å². The van der Waals surface area contributed by atoms with Gasteiger partial charge in [-0.2, -0.15) is 5.10 Å². The Hall–Kier alpha value is -2.18. The summed E-state index contributed by atoms with van der Waals surface area (Å²) >= 11 is 0. The van der Waals surface area contributed by atoms with Crippen molar-refractivity contribution in [1.82, 2.24) is 19.6 Å². The minimum atomic E-state index is 0.0223. The summed E-state index contributed by atoms with van der Waals surface area (Å²) in [6.07, 6.45) is 6.96. The highest BCUT2D eigenvalue weighted by molar-refractivity contribution is 5.92. The fraction of sp³-hybridized carbons (Fsp3) is 0.500. The van der Waals surface area contributed by atoms with Gasteiger partial charge in [0.15, 0.2) is 0 Å². The van der Waals surface area contributed by atoms with Crippen LogP contribution in [0.5, 0.6) is 0 Å². The number of aryl methyl sites for hydroxylation is 1. The van der Waals surface area contributed by atoms with Crippen molar-refractivity contribution in [2.45, 2.75) is 31.8 Å². The summed E-state index contributed by atoms with van der Waals surface area (Å²) in [5.41, 5.74) is 3.37. The van der Waals surface area contributed by atoms with Crippen LogP contribution in [0, 0.1) is 0 Å². The van der Waals surface area contributed by atoms with Crippen LogP contribution in [-0.4, -0.2) is 52.7 Å². The summed E-state index contributed by atoms with van der Waals surface area (Å²) in [5, 5.41) is 7.04. The van der Waals surface area contributed by atoms with E-state index in [2.05, 4.69) is 58.6 Å². The van der Waals surface area contributed by atoms with E-state index in [9.17, 15) is 4.79 Å². The molecule has 0 unspecified atom stereocenters. The number of hydrogen-bond acceptors (Lipinski definition) is 4. The number of carbonyl (C=O) groups is 1. The van der Waals surface area contributed by atoms with Gasteiger partial charge in [-0.25, -0.2) is 0 Å². The summed E-state index contributed by atoms with van der Waals surface area (Å²) in [4.78, 5) is 16.9. The average Bonchev–Trinajstić information content (AvgIpc) is 3.00. The highest BCUT2D eigenvalue weighted by Gasteiger charge is 2.25. The van der Waals surface area contributed by atoms with Gasteiger partial charge in [-0.05, 0) is 44.6 Å². The molecule has 0 bridgehead atoms. The van der Waals surface area contributed by atoms with Gasteiger partial charge >= 0.3 is 0 Å². The van der Waals surface area contributed by atoms with Crippen LogP contribution in [0.15, 0.2) is 36.7 Å². The highest BCUT2D eigenvalue weighted by Crippen LogP contribution is 2.31. The molecule has 0 aliphatic carbocycles. The van der Waals surface area contributed by atoms with Crippen molar-refractivity contribution in [3.8, 4) is 0 Å². The molecule has 1 aliphatic rings. The Balaban J connectivity index is 1.64. The lowest BCUT2D eigenvalue weighted by Gasteiger charge is -2.35. The van der Waals surface area contributed by atoms with Crippen molar-refractivity contribution in [2.24, 2.45) is 7.05 Å². The summed E-state index contributed by atoms with van der Waals surface area (Å²) < 4.78 is 1.69. The Bertz CT molecular complexity index is 722. The van der Waals surface area contributed by atoms with E-state index < -0.39 is 0 Å². The van der Waals surface area contributed by atoms with Crippen LogP contribution in [0.3, 0.4) is 0 Å². The van der Waals surface area contributed by atoms with Crippen LogP contribution in [0.2, 0.25) is 0 Å². The molecule has 1 saturated heterocycles. The fourth-order valence-electron chi connectivity index (χ4n) is 3.64. The van der Waals surface area contributed by atoms with Crippen molar-refractivity contribution < 1.29 is 4.79 Å². The third-order valence-corrected chi connectivity index (χ3v) is 4.81. The van der Waals surface area contributed by atoms with Crippen molar-refractivity contribution in [1.29, 1.82) is 0 Å². The van der Waals surface area contributed by atoms with E-state index in [1.54, 1.807) is 10.9 Å². The lowest BCUT2D eigenvalue weighted by Crippen LogP contribution is -2.39. The smallest absolute Gasteiger partial charge is 0.238 e. The molecular weight excluding hydrogens is 326 g/mol. The maximum Gasteiger partial charge on any atom is 0.238 e. The fourth-order valence-corrected chi connectivity index (χ4v) is 3.64. The minimum Gasteiger partial charge on any atom is -0.322 e. The van der Waals surface area contributed by atoms with Gasteiger partial charge in [-0.1, -0.05) is 30.7 Å². The molecule has 140 valence electrons. The van der Waals surface area contributed by atoms with Gasteiger partial charge in [0.2, 0.25) is 5.91 Å². The van der Waals surface area contributed by atoms with Crippen LogP contribution in [-0.2, 0) is 18.4 Å². The maximum atomic E-state index is 12.4. The highest BCUT2D eigenvalue weighted by atomic mass is 16.2. The second-order valence-electron chi connectivity index (χ2n) is 7.41. The normalized spacial score (nSPS) is 18.2. The van der Waals surface area contributed by atoms with Crippen LogP contribution >= 0.6 is 0 Å². The maximum absolute atomic E-state index is 12.4. The zero-order valence-corrected chi connectivity index (χ0v) is 16.0. The van der Waals surface area contributed by atoms with E-state index in [0.29, 0.717) is 12.6 Å². The van der Waals surface area contributed by atoms with Gasteiger partial charge in [0.1, 0.15) is 0 Å². The predicted octanol–water partition coefficient (Wildman–Crippen LogP) is 2.65. The quantitative estimate of drug-likeness (QED) is 0.865. The molecule has 1 aromatic heterocycles. The molecule has 2 heterocycles. The minimum absolute atomic E-state index is 0.0223. The number of anilines is 1. The molecule has 6 heteroatoms. The number of carbonyl (C=O) groups excluding carboxylic acids is 1. The third kappa shape index (κ3) is 4.93. The largest absolute Gasteiger partial charge is 0.322 e. The first kappa shape index (κ1) is 18.6. The first-order chi connectivity index (χ1) is 12.5. The molecule has 1 aromatic carbocycles. The number of benzene rings is 1. The molecule has 3 rings (SSSR count). The standard InChI is InChI=1S/C20H29N5O/c1-23(2)13-16-7-9-17(10-8-16)19-6-4-5-11-25(19)15-20(26)22-18-12-21-24(3)14-18/h7-10,12,14,19H,4-6,11,13,15H2,1-3H3,(H,22,26)/t19-/m1/s1. The van der Waals surface area contributed by atoms with Crippen LogP contribution in [0.4, 0.5) is 5.69 Å². The second kappa shape index (κ2) is 8.47. The Morgan fingerprint density at radius 3 is 2.69 bits per heavy atom. The monoisotopic (exact) mass is 355 g/mol. The molecule has 26 heavy (non-hydrogen) atoms. The Kier molecular flexibility index (Phi) is 6.06. The van der Waals surface area contributed by atoms with E-state index in [4.69, 9.17) is 0 Å². The number of nitrogens with zero attached hydrogens (tertiary/aromatic N) is 4. The number of amides is 1. The van der Waals surface area contributed by atoms with Crippen molar-refractivity contribution in [2.75, 3.05) is 32.5 Å². The van der Waals surface area contributed by atoms with Gasteiger partial charge in [0.05, 0.1) is 18.4 Å². The number of hydrogen-bond donors (Lipinski definition) is 1. The van der Waals surface area contributed by atoms with Crippen molar-refractivity contribution >= 4 is 11.6 Å². The Labute approximate surface area is 155 Å². The molecule has 1 atom stereocenters. The van der Waals surface area contributed by atoms with E-state index in [-0.39, 0.29) is 5.91 Å². The first-order valence-electron chi connectivity index (χ1n) is 9.27. The molecular formula is C20H29N5O. The van der Waals surface area contributed by atoms with Gasteiger partial charge < -0.3 is 10.2 Å². The lowest BCUT2D eigenvalue weighted by molar-refractivity contribution is -0.118. The summed E-state index contributed by atoms with van der Waals surface area (Å²) in [6, 6.07) is 9.17. The van der Waals surface area contributed by atoms with Gasteiger partial charge in [-0.15, -0.1) is 0 Å². The average molecular weight is 355 g/mol. The topological polar surface area (TPSA) is 53.4 Å². The summed E-state index contributed by atoms with van der Waals surface area (Å²) in [7, 11) is 6.01. The van der Waals surface area contributed by atoms with E-state index in [0.717, 1.165) is 31.6 Å². The lowest BCUT2D eigenvalue weighted by atomic mass is 9.94. The predicted molar refractivity (Wildman–Crippen MR) is 104 cm³/mol. The molecule has 1 aliphatic heterocycles. The van der Waals surface area contributed by atoms with Crippen molar-refractivity contribution in [3.05, 3.63) is 47.8 Å². The zero-order valence-electron chi connectivity index (χ0n) is 16.0. The number of nitrogens with one attached hydrogen (secondary N) is 1. The molecule has 2 aromatic rings. The Morgan fingerprint density at radius 2 is 2.04 bits per heavy atom. The number of piperidine rings is 1. The van der Waals surface area contributed by atoms with Crippen molar-refractivity contribution in [3.63, 3.8) is 0 Å². The zero-order chi connectivity index (χ0) is 18.5. The summed E-state index contributed by atoms with van der Waals surface area (Å²) in [6.45, 7) is 2.33. The molecule has 1 N–H and O–H groups in total. The van der Waals surface area contributed by atoms with E-state index in [1.807, 2.05) is 13.2 Å². The molecule has 0 saturated carbocycles.